The van der Waals surface area contributed by atoms with Crippen molar-refractivity contribution >= 4 is 23.5 Å². The molecule has 0 spiro atoms. The first-order valence-electron chi connectivity index (χ1n) is 9.34. The molecule has 1 N–H and O–H groups in total. The predicted octanol–water partition coefficient (Wildman–Crippen LogP) is 2.52. The third-order valence-electron chi connectivity index (χ3n) is 5.93. The van der Waals surface area contributed by atoms with E-state index in [1.165, 1.54) is 25.3 Å². The van der Waals surface area contributed by atoms with Gasteiger partial charge in [-0.2, -0.15) is 0 Å². The summed E-state index contributed by atoms with van der Waals surface area (Å²) in [4.78, 5) is 40.2. The Balaban J connectivity index is 1.84. The number of esters is 1. The van der Waals surface area contributed by atoms with E-state index < -0.39 is 47.0 Å². The lowest BCUT2D eigenvalue weighted by Crippen LogP contribution is -2.54. The van der Waals surface area contributed by atoms with Gasteiger partial charge in [0.15, 0.2) is 0 Å². The van der Waals surface area contributed by atoms with Gasteiger partial charge in [-0.25, -0.2) is 9.29 Å². The van der Waals surface area contributed by atoms with Gasteiger partial charge in [-0.15, -0.1) is 0 Å². The molecule has 0 saturated carbocycles. The molecule has 29 heavy (non-hydrogen) atoms. The molecule has 0 radical (unpaired) electrons. The van der Waals surface area contributed by atoms with Crippen LogP contribution in [0.4, 0.5) is 10.1 Å². The molecule has 0 aromatic heterocycles. The van der Waals surface area contributed by atoms with Crippen LogP contribution in [-0.2, 0) is 19.1 Å². The third-order valence-corrected chi connectivity index (χ3v) is 5.93. The number of carbonyl (C=O) groups is 3. The number of hydrogen-bond donors (Lipinski definition) is 1. The van der Waals surface area contributed by atoms with Crippen LogP contribution >= 0.6 is 0 Å². The number of para-hydroxylation sites is 1. The minimum absolute atomic E-state index is 0.105. The van der Waals surface area contributed by atoms with Gasteiger partial charge < -0.3 is 4.74 Å². The molecule has 150 valence electrons. The van der Waals surface area contributed by atoms with Gasteiger partial charge in [-0.1, -0.05) is 42.0 Å². The SMILES string of the molecule is COC(=O)[C@@]1(C)N[C@@H](c2ccc(C)cc2)[C@@H]2C(=O)N(c3ccccc3F)C(=O)[C@H]21. The highest BCUT2D eigenvalue weighted by atomic mass is 19.1. The van der Waals surface area contributed by atoms with Crippen LogP contribution in [0.2, 0.25) is 0 Å². The normalized spacial score (nSPS) is 28.6. The van der Waals surface area contributed by atoms with E-state index in [-0.39, 0.29) is 5.69 Å². The lowest BCUT2D eigenvalue weighted by atomic mass is 9.80. The van der Waals surface area contributed by atoms with Crippen molar-refractivity contribution in [1.82, 2.24) is 5.32 Å². The lowest BCUT2D eigenvalue weighted by molar-refractivity contribution is -0.151. The summed E-state index contributed by atoms with van der Waals surface area (Å²) in [6.45, 7) is 3.50. The molecule has 4 rings (SSSR count). The van der Waals surface area contributed by atoms with Gasteiger partial charge in [-0.3, -0.25) is 19.7 Å². The highest BCUT2D eigenvalue weighted by Crippen LogP contribution is 2.50. The molecule has 2 amide bonds. The summed E-state index contributed by atoms with van der Waals surface area (Å²) in [7, 11) is 1.24. The highest BCUT2D eigenvalue weighted by molar-refractivity contribution is 6.24. The van der Waals surface area contributed by atoms with Crippen LogP contribution in [0, 0.1) is 24.6 Å². The molecule has 2 aromatic rings. The number of halogens is 1. The Kier molecular flexibility index (Phi) is 4.50. The smallest absolute Gasteiger partial charge is 0.326 e. The molecular formula is C22H21FN2O4. The number of benzene rings is 2. The first-order chi connectivity index (χ1) is 13.8. The van der Waals surface area contributed by atoms with Gasteiger partial charge in [0.05, 0.1) is 24.6 Å². The second-order valence-corrected chi connectivity index (χ2v) is 7.69. The molecule has 2 aliphatic rings. The molecule has 2 heterocycles. The number of rotatable bonds is 3. The number of fused-ring (bicyclic) bond motifs is 1. The number of methoxy groups -OCH3 is 1. The summed E-state index contributed by atoms with van der Waals surface area (Å²) in [5.41, 5.74) is 0.296. The summed E-state index contributed by atoms with van der Waals surface area (Å²) < 4.78 is 19.3. The molecule has 0 bridgehead atoms. The van der Waals surface area contributed by atoms with Gasteiger partial charge in [0.25, 0.3) is 0 Å². The van der Waals surface area contributed by atoms with Gasteiger partial charge in [-0.05, 0) is 31.5 Å². The Morgan fingerprint density at radius 2 is 1.76 bits per heavy atom. The number of imide groups is 1. The van der Waals surface area contributed by atoms with Crippen LogP contribution in [0.25, 0.3) is 0 Å². The zero-order chi connectivity index (χ0) is 20.9. The zero-order valence-electron chi connectivity index (χ0n) is 16.3. The highest BCUT2D eigenvalue weighted by Gasteiger charge is 2.67. The quantitative estimate of drug-likeness (QED) is 0.637. The van der Waals surface area contributed by atoms with Crippen molar-refractivity contribution in [3.8, 4) is 0 Å². The molecule has 6 nitrogen and oxygen atoms in total. The fourth-order valence-electron chi connectivity index (χ4n) is 4.47. The summed E-state index contributed by atoms with van der Waals surface area (Å²) in [5.74, 6) is -4.31. The van der Waals surface area contributed by atoms with E-state index in [2.05, 4.69) is 5.32 Å². The Labute approximate surface area is 167 Å². The minimum Gasteiger partial charge on any atom is -0.468 e. The van der Waals surface area contributed by atoms with E-state index in [0.29, 0.717) is 0 Å². The molecule has 2 aliphatic heterocycles. The lowest BCUT2D eigenvalue weighted by Gasteiger charge is -2.28. The van der Waals surface area contributed by atoms with Crippen LogP contribution in [0.1, 0.15) is 24.1 Å². The van der Waals surface area contributed by atoms with Gasteiger partial charge in [0.2, 0.25) is 11.8 Å². The van der Waals surface area contributed by atoms with E-state index in [1.54, 1.807) is 13.0 Å². The first kappa shape index (κ1) is 19.3. The molecule has 2 fully saturated rings. The zero-order valence-corrected chi connectivity index (χ0v) is 16.3. The molecule has 4 atom stereocenters. The Hall–Kier alpha value is -3.06. The van der Waals surface area contributed by atoms with E-state index in [4.69, 9.17) is 4.74 Å². The summed E-state index contributed by atoms with van der Waals surface area (Å²) >= 11 is 0. The number of anilines is 1. The largest absolute Gasteiger partial charge is 0.468 e. The Bertz CT molecular complexity index is 1010. The van der Waals surface area contributed by atoms with Crippen LogP contribution in [-0.4, -0.2) is 30.4 Å². The molecule has 2 saturated heterocycles. The summed E-state index contributed by atoms with van der Waals surface area (Å²) in [5, 5.41) is 3.17. The van der Waals surface area contributed by atoms with Crippen molar-refractivity contribution in [3.05, 3.63) is 65.5 Å². The Morgan fingerprint density at radius 3 is 2.38 bits per heavy atom. The van der Waals surface area contributed by atoms with Crippen molar-refractivity contribution in [3.63, 3.8) is 0 Å². The number of nitrogens with one attached hydrogen (secondary N) is 1. The second kappa shape index (κ2) is 6.77. The second-order valence-electron chi connectivity index (χ2n) is 7.69. The van der Waals surface area contributed by atoms with Crippen molar-refractivity contribution in [1.29, 1.82) is 0 Å². The number of carbonyl (C=O) groups excluding carboxylic acids is 3. The number of hydrogen-bond acceptors (Lipinski definition) is 5. The van der Waals surface area contributed by atoms with Gasteiger partial charge >= 0.3 is 5.97 Å². The topological polar surface area (TPSA) is 75.7 Å². The van der Waals surface area contributed by atoms with Gasteiger partial charge in [0, 0.05) is 6.04 Å². The standard InChI is InChI=1S/C22H21FN2O4/c1-12-8-10-13(11-9-12)18-16-17(22(2,24-18)21(28)29-3)20(27)25(19(16)26)15-7-5-4-6-14(15)23/h4-11,16-18,24H,1-3H3/t16-,17+,18+,22+/m1/s1. The van der Waals surface area contributed by atoms with Crippen molar-refractivity contribution < 1.29 is 23.5 Å². The van der Waals surface area contributed by atoms with Gasteiger partial charge in [0.1, 0.15) is 11.4 Å². The molecular weight excluding hydrogens is 375 g/mol. The van der Waals surface area contributed by atoms with Crippen LogP contribution in [0.3, 0.4) is 0 Å². The minimum atomic E-state index is -1.41. The van der Waals surface area contributed by atoms with Crippen LogP contribution in [0.5, 0.6) is 0 Å². The van der Waals surface area contributed by atoms with Crippen LogP contribution < -0.4 is 10.2 Å². The molecule has 0 aliphatic carbocycles. The summed E-state index contributed by atoms with van der Waals surface area (Å²) in [6.07, 6.45) is 0. The van der Waals surface area contributed by atoms with E-state index in [0.717, 1.165) is 16.0 Å². The molecule has 0 unspecified atom stereocenters. The molecule has 7 heteroatoms. The fraction of sp³-hybridized carbons (Fsp3) is 0.318. The number of ether oxygens (including phenoxy) is 1. The molecule has 2 aromatic carbocycles. The van der Waals surface area contributed by atoms with E-state index >= 15 is 0 Å². The number of nitrogens with zero attached hydrogens (tertiary/aromatic N) is 1. The maximum Gasteiger partial charge on any atom is 0.326 e. The maximum absolute atomic E-state index is 14.4. The maximum atomic E-state index is 14.4. The number of aryl methyl sites for hydroxylation is 1. The average Bonchev–Trinajstić information content (AvgIpc) is 3.17. The summed E-state index contributed by atoms with van der Waals surface area (Å²) in [6, 6.07) is 12.5. The monoisotopic (exact) mass is 396 g/mol. The van der Waals surface area contributed by atoms with Crippen molar-refractivity contribution in [2.45, 2.75) is 25.4 Å². The van der Waals surface area contributed by atoms with E-state index in [1.807, 2.05) is 31.2 Å². The third kappa shape index (κ3) is 2.76. The number of amides is 2. The predicted molar refractivity (Wildman–Crippen MR) is 103 cm³/mol. The van der Waals surface area contributed by atoms with Crippen molar-refractivity contribution in [2.75, 3.05) is 12.0 Å². The van der Waals surface area contributed by atoms with E-state index in [9.17, 15) is 18.8 Å². The fourth-order valence-corrected chi connectivity index (χ4v) is 4.47. The van der Waals surface area contributed by atoms with Crippen molar-refractivity contribution in [2.24, 2.45) is 11.8 Å². The first-order valence-corrected chi connectivity index (χ1v) is 9.34. The Morgan fingerprint density at radius 1 is 1.10 bits per heavy atom. The average molecular weight is 396 g/mol. The van der Waals surface area contributed by atoms with Crippen LogP contribution in [0.15, 0.2) is 48.5 Å².